The highest BCUT2D eigenvalue weighted by Gasteiger charge is 2.10. The van der Waals surface area contributed by atoms with Crippen LogP contribution >= 0.6 is 58.6 Å². The fourth-order valence-electron chi connectivity index (χ4n) is 2.13. The van der Waals surface area contributed by atoms with E-state index in [4.69, 9.17) is 58.6 Å². The number of anilines is 2. The van der Waals surface area contributed by atoms with E-state index < -0.39 is 0 Å². The number of benzene rings is 2. The first kappa shape index (κ1) is 19.2. The van der Waals surface area contributed by atoms with Crippen LogP contribution in [0.5, 0.6) is 0 Å². The molecule has 0 atom stereocenters. The Kier molecular flexibility index (Phi) is 6.21. The van der Waals surface area contributed by atoms with E-state index in [0.717, 1.165) is 5.56 Å². The van der Waals surface area contributed by atoms with Crippen LogP contribution in [0.3, 0.4) is 0 Å². The Morgan fingerprint density at radius 3 is 2.35 bits per heavy atom. The summed E-state index contributed by atoms with van der Waals surface area (Å²) in [6, 6.07) is 10.5. The number of nitrogens with zero attached hydrogens (tertiary/aromatic N) is 3. The fraction of sp³-hybridized carbons (Fsp3) is 0.0625. The molecule has 5 nitrogen and oxygen atoms in total. The Balaban J connectivity index is 1.67. The number of aromatic nitrogens is 3. The predicted octanol–water partition coefficient (Wildman–Crippen LogP) is 5.75. The van der Waals surface area contributed by atoms with Gasteiger partial charge in [-0.25, -0.2) is 9.67 Å². The molecule has 3 aromatic rings. The van der Waals surface area contributed by atoms with E-state index in [-0.39, 0.29) is 5.11 Å². The summed E-state index contributed by atoms with van der Waals surface area (Å²) in [5.74, 6) is 0.323. The van der Waals surface area contributed by atoms with Crippen molar-refractivity contribution in [3.05, 3.63) is 68.4 Å². The molecule has 0 radical (unpaired) electrons. The molecule has 1 aromatic heterocycles. The minimum absolute atomic E-state index is 0.280. The number of rotatable bonds is 4. The molecule has 0 saturated carbocycles. The van der Waals surface area contributed by atoms with Crippen molar-refractivity contribution >= 4 is 75.4 Å². The van der Waals surface area contributed by atoms with Gasteiger partial charge in [0, 0.05) is 15.6 Å². The van der Waals surface area contributed by atoms with Crippen LogP contribution in [0.1, 0.15) is 5.56 Å². The number of thiocarbonyl (C=S) groups is 1. The highest BCUT2D eigenvalue weighted by molar-refractivity contribution is 7.80. The molecule has 0 fully saturated rings. The Hall–Kier alpha value is -1.57. The zero-order valence-electron chi connectivity index (χ0n) is 13.0. The monoisotopic (exact) mass is 445 g/mol. The van der Waals surface area contributed by atoms with E-state index in [9.17, 15) is 0 Å². The van der Waals surface area contributed by atoms with Crippen molar-refractivity contribution in [2.24, 2.45) is 0 Å². The maximum atomic E-state index is 6.17. The highest BCUT2D eigenvalue weighted by atomic mass is 35.5. The van der Waals surface area contributed by atoms with Crippen molar-refractivity contribution < 1.29 is 0 Å². The smallest absolute Gasteiger partial charge is 0.248 e. The van der Waals surface area contributed by atoms with Gasteiger partial charge in [-0.1, -0.05) is 58.5 Å². The molecular formula is C16H11Cl4N5S. The average Bonchev–Trinajstić information content (AvgIpc) is 3.02. The van der Waals surface area contributed by atoms with Crippen LogP contribution in [0.4, 0.5) is 11.6 Å². The van der Waals surface area contributed by atoms with Gasteiger partial charge in [-0.05, 0) is 36.5 Å². The van der Waals surface area contributed by atoms with Crippen LogP contribution in [0.25, 0.3) is 0 Å². The largest absolute Gasteiger partial charge is 0.331 e. The summed E-state index contributed by atoms with van der Waals surface area (Å²) >= 11 is 29.7. The van der Waals surface area contributed by atoms with Gasteiger partial charge >= 0.3 is 0 Å². The van der Waals surface area contributed by atoms with E-state index in [1.807, 2.05) is 0 Å². The first-order chi connectivity index (χ1) is 12.4. The molecule has 2 N–H and O–H groups in total. The predicted molar refractivity (Wildman–Crippen MR) is 112 cm³/mol. The Morgan fingerprint density at radius 1 is 0.962 bits per heavy atom. The second-order valence-electron chi connectivity index (χ2n) is 5.15. The summed E-state index contributed by atoms with van der Waals surface area (Å²) in [5, 5.41) is 12.4. The van der Waals surface area contributed by atoms with Crippen molar-refractivity contribution in [2.45, 2.75) is 6.54 Å². The summed E-state index contributed by atoms with van der Waals surface area (Å²) in [7, 11) is 0. The SMILES string of the molecule is S=C(Nc1ncn(Cc2c(Cl)cccc2Cl)n1)Nc1cccc(Cl)c1Cl. The van der Waals surface area contributed by atoms with Gasteiger partial charge < -0.3 is 5.32 Å². The lowest BCUT2D eigenvalue weighted by atomic mass is 10.2. The van der Waals surface area contributed by atoms with E-state index in [2.05, 4.69) is 20.7 Å². The summed E-state index contributed by atoms with van der Waals surface area (Å²) in [6.45, 7) is 0.382. The van der Waals surface area contributed by atoms with Crippen molar-refractivity contribution in [3.8, 4) is 0 Å². The van der Waals surface area contributed by atoms with Crippen molar-refractivity contribution in [1.29, 1.82) is 0 Å². The number of hydrogen-bond donors (Lipinski definition) is 2. The molecule has 0 amide bonds. The quantitative estimate of drug-likeness (QED) is 0.499. The van der Waals surface area contributed by atoms with E-state index in [1.165, 1.54) is 0 Å². The zero-order chi connectivity index (χ0) is 18.7. The van der Waals surface area contributed by atoms with Gasteiger partial charge in [0.15, 0.2) is 5.11 Å². The maximum absolute atomic E-state index is 6.17. The molecule has 0 unspecified atom stereocenters. The lowest BCUT2D eigenvalue weighted by Crippen LogP contribution is -2.20. The van der Waals surface area contributed by atoms with Gasteiger partial charge in [-0.15, -0.1) is 5.10 Å². The maximum Gasteiger partial charge on any atom is 0.248 e. The Labute approximate surface area is 175 Å². The lowest BCUT2D eigenvalue weighted by molar-refractivity contribution is 0.687. The topological polar surface area (TPSA) is 54.8 Å². The minimum Gasteiger partial charge on any atom is -0.331 e. The first-order valence-electron chi connectivity index (χ1n) is 7.28. The van der Waals surface area contributed by atoms with Gasteiger partial charge in [0.05, 0.1) is 22.3 Å². The molecule has 1 heterocycles. The van der Waals surface area contributed by atoms with E-state index in [0.29, 0.717) is 38.3 Å². The van der Waals surface area contributed by atoms with E-state index >= 15 is 0 Å². The van der Waals surface area contributed by atoms with Crippen LogP contribution < -0.4 is 10.6 Å². The molecule has 10 heteroatoms. The molecule has 2 aromatic carbocycles. The van der Waals surface area contributed by atoms with Crippen molar-refractivity contribution in [3.63, 3.8) is 0 Å². The third-order valence-corrected chi connectivity index (χ3v) is 5.07. The summed E-state index contributed by atoms with van der Waals surface area (Å²) in [4.78, 5) is 4.16. The van der Waals surface area contributed by atoms with Gasteiger partial charge in [-0.2, -0.15) is 0 Å². The second-order valence-corrected chi connectivity index (χ2v) is 7.15. The molecular weight excluding hydrogens is 436 g/mol. The fourth-order valence-corrected chi connectivity index (χ4v) is 3.19. The van der Waals surface area contributed by atoms with Crippen molar-refractivity contribution in [2.75, 3.05) is 10.6 Å². The standard InChI is InChI=1S/C16H11Cl4N5S/c17-10-3-1-4-11(18)9(10)7-25-8-21-15(24-25)23-16(26)22-13-6-2-5-12(19)14(13)20/h1-6,8H,7H2,(H2,22,23,24,26). The van der Waals surface area contributed by atoms with Crippen LogP contribution in [0.15, 0.2) is 42.7 Å². The summed E-state index contributed by atoms with van der Waals surface area (Å²) in [6.07, 6.45) is 1.55. The van der Waals surface area contributed by atoms with Gasteiger partial charge in [0.25, 0.3) is 0 Å². The molecule has 26 heavy (non-hydrogen) atoms. The zero-order valence-corrected chi connectivity index (χ0v) is 16.9. The molecule has 0 saturated heterocycles. The third kappa shape index (κ3) is 4.58. The second kappa shape index (κ2) is 8.41. The van der Waals surface area contributed by atoms with Gasteiger partial charge in [0.2, 0.25) is 5.95 Å². The molecule has 0 aliphatic rings. The Bertz CT molecular complexity index is 939. The van der Waals surface area contributed by atoms with Crippen LogP contribution in [-0.4, -0.2) is 19.9 Å². The molecule has 0 bridgehead atoms. The lowest BCUT2D eigenvalue weighted by Gasteiger charge is -2.10. The number of halogens is 4. The number of nitrogens with one attached hydrogen (secondary N) is 2. The van der Waals surface area contributed by atoms with Gasteiger partial charge in [0.1, 0.15) is 6.33 Å². The molecule has 0 aliphatic heterocycles. The Morgan fingerprint density at radius 2 is 1.62 bits per heavy atom. The summed E-state index contributed by atoms with van der Waals surface area (Å²) < 4.78 is 1.60. The molecule has 3 rings (SSSR count). The van der Waals surface area contributed by atoms with Crippen LogP contribution in [-0.2, 0) is 6.54 Å². The van der Waals surface area contributed by atoms with Gasteiger partial charge in [-0.3, -0.25) is 5.32 Å². The third-order valence-electron chi connectivity index (χ3n) is 3.34. The molecule has 134 valence electrons. The average molecular weight is 447 g/mol. The number of hydrogen-bond acceptors (Lipinski definition) is 3. The molecule has 0 spiro atoms. The highest BCUT2D eigenvalue weighted by Crippen LogP contribution is 2.29. The van der Waals surface area contributed by atoms with Crippen LogP contribution in [0, 0.1) is 0 Å². The van der Waals surface area contributed by atoms with Crippen LogP contribution in [0.2, 0.25) is 20.1 Å². The van der Waals surface area contributed by atoms with Crippen molar-refractivity contribution in [1.82, 2.24) is 14.8 Å². The van der Waals surface area contributed by atoms with E-state index in [1.54, 1.807) is 47.4 Å². The minimum atomic E-state index is 0.280. The normalized spacial score (nSPS) is 10.6. The summed E-state index contributed by atoms with van der Waals surface area (Å²) in [5.41, 5.74) is 1.35. The molecule has 0 aliphatic carbocycles. The first-order valence-corrected chi connectivity index (χ1v) is 9.20.